The molecule has 1 unspecified atom stereocenters. The zero-order valence-electron chi connectivity index (χ0n) is 7.70. The van der Waals surface area contributed by atoms with Gasteiger partial charge in [-0.2, -0.15) is 5.26 Å². The number of nitriles is 1. The highest BCUT2D eigenvalue weighted by atomic mass is 16.1. The van der Waals surface area contributed by atoms with E-state index in [2.05, 4.69) is 0 Å². The molecule has 13 heavy (non-hydrogen) atoms. The molecule has 0 aromatic carbocycles. The van der Waals surface area contributed by atoms with Crippen LogP contribution in [-0.2, 0) is 9.59 Å². The number of amides is 1. The highest BCUT2D eigenvalue weighted by Gasteiger charge is 2.18. The first-order valence-corrected chi connectivity index (χ1v) is 3.92. The van der Waals surface area contributed by atoms with Crippen molar-refractivity contribution in [2.75, 3.05) is 0 Å². The van der Waals surface area contributed by atoms with E-state index in [9.17, 15) is 9.59 Å². The number of allylic oxidation sites excluding steroid dienone is 1. The van der Waals surface area contributed by atoms with E-state index in [-0.39, 0.29) is 5.78 Å². The Balaban J connectivity index is 4.86. The lowest BCUT2D eigenvalue weighted by Gasteiger charge is -2.06. The van der Waals surface area contributed by atoms with Crippen LogP contribution in [0.2, 0.25) is 0 Å². The zero-order chi connectivity index (χ0) is 10.4. The van der Waals surface area contributed by atoms with Crippen LogP contribution >= 0.6 is 0 Å². The Bertz CT molecular complexity index is 286. The smallest absolute Gasteiger partial charge is 0.238 e. The van der Waals surface area contributed by atoms with Crippen LogP contribution in [0.1, 0.15) is 20.3 Å². The van der Waals surface area contributed by atoms with E-state index in [0.717, 1.165) is 0 Å². The summed E-state index contributed by atoms with van der Waals surface area (Å²) in [6, 6.07) is 1.76. The fourth-order valence-corrected chi connectivity index (χ4v) is 0.980. The molecule has 0 aliphatic rings. The van der Waals surface area contributed by atoms with Crippen LogP contribution in [0.15, 0.2) is 11.6 Å². The number of rotatable bonds is 4. The number of carbonyl (C=O) groups excluding carboxylic acids is 2. The third kappa shape index (κ3) is 3.52. The lowest BCUT2D eigenvalue weighted by Crippen LogP contribution is -2.23. The van der Waals surface area contributed by atoms with Gasteiger partial charge in [0, 0.05) is 0 Å². The average Bonchev–Trinajstić information content (AvgIpc) is 2.02. The van der Waals surface area contributed by atoms with Gasteiger partial charge in [0.05, 0.1) is 6.07 Å². The maximum absolute atomic E-state index is 10.8. The van der Waals surface area contributed by atoms with Gasteiger partial charge in [0.1, 0.15) is 5.92 Å². The summed E-state index contributed by atoms with van der Waals surface area (Å²) >= 11 is 0. The molecule has 0 rings (SSSR count). The normalized spacial score (nSPS) is 13.2. The van der Waals surface area contributed by atoms with Gasteiger partial charge in [-0.3, -0.25) is 9.59 Å². The van der Waals surface area contributed by atoms with Crippen molar-refractivity contribution >= 4 is 11.7 Å². The van der Waals surface area contributed by atoms with Crippen molar-refractivity contribution in [3.63, 3.8) is 0 Å². The Morgan fingerprint density at radius 2 is 2.15 bits per heavy atom. The van der Waals surface area contributed by atoms with Crippen molar-refractivity contribution in [3.05, 3.63) is 11.6 Å². The summed E-state index contributed by atoms with van der Waals surface area (Å²) < 4.78 is 0. The number of nitrogens with zero attached hydrogens (tertiary/aromatic N) is 1. The van der Waals surface area contributed by atoms with E-state index in [4.69, 9.17) is 11.0 Å². The summed E-state index contributed by atoms with van der Waals surface area (Å²) in [7, 11) is 0. The third-order valence-electron chi connectivity index (χ3n) is 1.58. The van der Waals surface area contributed by atoms with Crippen LogP contribution in [0.25, 0.3) is 0 Å². The molecule has 70 valence electrons. The minimum atomic E-state index is -0.978. The van der Waals surface area contributed by atoms with Gasteiger partial charge in [0.2, 0.25) is 5.91 Å². The Morgan fingerprint density at radius 1 is 1.62 bits per heavy atom. The molecule has 0 aromatic heterocycles. The van der Waals surface area contributed by atoms with Crippen LogP contribution in [0.3, 0.4) is 0 Å². The molecule has 0 aromatic rings. The van der Waals surface area contributed by atoms with Gasteiger partial charge >= 0.3 is 0 Å². The summed E-state index contributed by atoms with van der Waals surface area (Å²) in [5, 5.41) is 8.61. The molecule has 0 heterocycles. The van der Waals surface area contributed by atoms with Gasteiger partial charge in [0.15, 0.2) is 5.78 Å². The van der Waals surface area contributed by atoms with Crippen LogP contribution in [0, 0.1) is 17.2 Å². The first-order valence-electron chi connectivity index (χ1n) is 3.92. The van der Waals surface area contributed by atoms with Crippen molar-refractivity contribution in [2.45, 2.75) is 20.3 Å². The molecule has 0 aliphatic heterocycles. The summed E-state index contributed by atoms with van der Waals surface area (Å²) in [5.74, 6) is -1.87. The largest absolute Gasteiger partial charge is 0.368 e. The molecule has 0 spiro atoms. The number of nitrogens with two attached hydrogens (primary N) is 1. The molecule has 0 saturated carbocycles. The second-order valence-corrected chi connectivity index (χ2v) is 2.65. The number of ketones is 1. The molecule has 1 atom stereocenters. The first-order chi connectivity index (χ1) is 6.02. The Morgan fingerprint density at radius 3 is 2.38 bits per heavy atom. The highest BCUT2D eigenvalue weighted by molar-refractivity contribution is 5.90. The van der Waals surface area contributed by atoms with Crippen LogP contribution in [0.4, 0.5) is 0 Å². The quantitative estimate of drug-likeness (QED) is 0.640. The maximum Gasteiger partial charge on any atom is 0.238 e. The van der Waals surface area contributed by atoms with Gasteiger partial charge in [-0.05, 0) is 25.0 Å². The van der Waals surface area contributed by atoms with E-state index in [0.29, 0.717) is 12.0 Å². The molecule has 0 fully saturated rings. The summed E-state index contributed by atoms with van der Waals surface area (Å²) in [4.78, 5) is 21.5. The number of primary amides is 1. The minimum absolute atomic E-state index is 0.182. The Labute approximate surface area is 77.0 Å². The number of hydrogen-bond donors (Lipinski definition) is 1. The van der Waals surface area contributed by atoms with E-state index in [1.807, 2.05) is 0 Å². The van der Waals surface area contributed by atoms with Gasteiger partial charge < -0.3 is 5.73 Å². The summed E-state index contributed by atoms with van der Waals surface area (Å²) in [5.41, 5.74) is 5.46. The van der Waals surface area contributed by atoms with E-state index < -0.39 is 11.8 Å². The van der Waals surface area contributed by atoms with Crippen molar-refractivity contribution in [1.29, 1.82) is 5.26 Å². The lowest BCUT2D eigenvalue weighted by atomic mass is 9.96. The van der Waals surface area contributed by atoms with E-state index in [1.54, 1.807) is 13.0 Å². The third-order valence-corrected chi connectivity index (χ3v) is 1.58. The van der Waals surface area contributed by atoms with Gasteiger partial charge in [-0.1, -0.05) is 6.92 Å². The predicted molar refractivity (Wildman–Crippen MR) is 47.4 cm³/mol. The molecular formula is C9H12N2O2. The molecule has 1 amide bonds. The molecule has 0 radical (unpaired) electrons. The highest BCUT2D eigenvalue weighted by Crippen LogP contribution is 2.13. The second-order valence-electron chi connectivity index (χ2n) is 2.65. The fourth-order valence-electron chi connectivity index (χ4n) is 0.980. The van der Waals surface area contributed by atoms with Crippen molar-refractivity contribution in [2.24, 2.45) is 11.7 Å². The van der Waals surface area contributed by atoms with Crippen LogP contribution < -0.4 is 5.73 Å². The molecule has 0 saturated heterocycles. The van der Waals surface area contributed by atoms with Crippen molar-refractivity contribution in [1.82, 2.24) is 0 Å². The average molecular weight is 180 g/mol. The minimum Gasteiger partial charge on any atom is -0.368 e. The topological polar surface area (TPSA) is 83.9 Å². The monoisotopic (exact) mass is 180 g/mol. The van der Waals surface area contributed by atoms with Crippen LogP contribution in [0.5, 0.6) is 0 Å². The SMILES string of the molecule is CC/C(=C\C(C)=O)C(C#N)C(N)=O. The summed E-state index contributed by atoms with van der Waals surface area (Å²) in [6.07, 6.45) is 1.76. The second kappa shape index (κ2) is 5.09. The zero-order valence-corrected chi connectivity index (χ0v) is 7.70. The molecule has 2 N–H and O–H groups in total. The molecule has 4 heteroatoms. The lowest BCUT2D eigenvalue weighted by molar-refractivity contribution is -0.119. The Kier molecular flexibility index (Phi) is 4.45. The van der Waals surface area contributed by atoms with Crippen molar-refractivity contribution < 1.29 is 9.59 Å². The van der Waals surface area contributed by atoms with Gasteiger partial charge in [0.25, 0.3) is 0 Å². The molecule has 4 nitrogen and oxygen atoms in total. The first kappa shape index (κ1) is 11.4. The summed E-state index contributed by atoms with van der Waals surface area (Å²) in [6.45, 7) is 3.13. The Hall–Kier alpha value is -1.63. The number of carbonyl (C=O) groups is 2. The molecular weight excluding hydrogens is 168 g/mol. The van der Waals surface area contributed by atoms with E-state index in [1.165, 1.54) is 13.0 Å². The maximum atomic E-state index is 10.8. The predicted octanol–water partition coefficient (Wildman–Crippen LogP) is 0.537. The van der Waals surface area contributed by atoms with Gasteiger partial charge in [-0.15, -0.1) is 0 Å². The molecule has 0 bridgehead atoms. The molecule has 0 aliphatic carbocycles. The number of hydrogen-bond acceptors (Lipinski definition) is 3. The van der Waals surface area contributed by atoms with Gasteiger partial charge in [-0.25, -0.2) is 0 Å². The standard InChI is InChI=1S/C9H12N2O2/c1-3-7(4-6(2)12)8(5-10)9(11)13/h4,8H,3H2,1-2H3,(H2,11,13)/b7-4+. The van der Waals surface area contributed by atoms with Crippen LogP contribution in [-0.4, -0.2) is 11.7 Å². The fraction of sp³-hybridized carbons (Fsp3) is 0.444. The van der Waals surface area contributed by atoms with E-state index >= 15 is 0 Å². The van der Waals surface area contributed by atoms with Crippen molar-refractivity contribution in [3.8, 4) is 6.07 Å².